The molecule has 0 aliphatic carbocycles. The summed E-state index contributed by atoms with van der Waals surface area (Å²) >= 11 is 0. The van der Waals surface area contributed by atoms with Crippen LogP contribution in [-0.2, 0) is 10.0 Å². The summed E-state index contributed by atoms with van der Waals surface area (Å²) < 4.78 is 43.7. The number of hydrogen-bond donors (Lipinski definition) is 2. The van der Waals surface area contributed by atoms with Gasteiger partial charge in [-0.1, -0.05) is 37.8 Å². The molecule has 4 rings (SSSR count). The van der Waals surface area contributed by atoms with Crippen LogP contribution in [0.4, 0.5) is 4.39 Å². The van der Waals surface area contributed by atoms with Crippen molar-refractivity contribution >= 4 is 27.3 Å². The van der Waals surface area contributed by atoms with E-state index in [9.17, 15) is 13.2 Å². The normalized spacial score (nSPS) is 11.9. The maximum atomic E-state index is 15.2. The summed E-state index contributed by atoms with van der Waals surface area (Å²) in [5.41, 5.74) is 1.97. The zero-order chi connectivity index (χ0) is 23.1. The molecule has 0 saturated heterocycles. The summed E-state index contributed by atoms with van der Waals surface area (Å²) in [5.74, 6) is -0.525. The van der Waals surface area contributed by atoms with Gasteiger partial charge in [0.05, 0.1) is 4.90 Å². The molecule has 33 heavy (non-hydrogen) atoms. The van der Waals surface area contributed by atoms with E-state index >= 15 is 4.39 Å². The first-order valence-corrected chi connectivity index (χ1v) is 11.4. The summed E-state index contributed by atoms with van der Waals surface area (Å²) in [6.45, 7) is 5.27. The molecule has 0 radical (unpaired) electrons. The quantitative estimate of drug-likeness (QED) is 0.376. The number of halogens is 1. The largest absolute Gasteiger partial charge is 0.345 e. The molecule has 6 nitrogen and oxygen atoms in total. The number of sulfonamides is 1. The van der Waals surface area contributed by atoms with Crippen molar-refractivity contribution in [2.75, 3.05) is 0 Å². The van der Waals surface area contributed by atoms with E-state index in [1.165, 1.54) is 18.3 Å². The van der Waals surface area contributed by atoms with Crippen LogP contribution in [0.1, 0.15) is 38.6 Å². The molecule has 0 saturated carbocycles. The zero-order valence-corrected chi connectivity index (χ0v) is 18.6. The van der Waals surface area contributed by atoms with E-state index in [1.54, 1.807) is 63.4 Å². The van der Waals surface area contributed by atoms with E-state index in [4.69, 9.17) is 0 Å². The minimum Gasteiger partial charge on any atom is -0.345 e. The average molecular weight is 468 g/mol. The van der Waals surface area contributed by atoms with Crippen LogP contribution in [0.25, 0.3) is 33.3 Å². The Morgan fingerprint density at radius 2 is 1.76 bits per heavy atom. The van der Waals surface area contributed by atoms with Gasteiger partial charge in [0.25, 0.3) is 0 Å². The summed E-state index contributed by atoms with van der Waals surface area (Å²) in [5, 5.41) is 0.602. The minimum absolute atomic E-state index is 0. The number of aromatic amines is 1. The monoisotopic (exact) mass is 467 g/mol. The Balaban J connectivity index is 0.00000306. The molecule has 0 bridgehead atoms. The van der Waals surface area contributed by atoms with Gasteiger partial charge in [0.2, 0.25) is 10.0 Å². The van der Waals surface area contributed by atoms with E-state index in [1.807, 2.05) is 0 Å². The molecule has 172 valence electrons. The number of fused-ring (bicyclic) bond motifs is 1. The third-order valence-electron chi connectivity index (χ3n) is 4.90. The maximum Gasteiger partial charge on any atom is 0.241 e. The van der Waals surface area contributed by atoms with Gasteiger partial charge in [0, 0.05) is 45.6 Å². The topological polar surface area (TPSA) is 91.9 Å². The van der Waals surface area contributed by atoms with Crippen molar-refractivity contribution in [3.63, 3.8) is 0 Å². The third-order valence-corrected chi connectivity index (χ3v) is 6.71. The summed E-state index contributed by atoms with van der Waals surface area (Å²) in [6, 6.07) is 12.8. The number of nitrogens with zero attached hydrogens (tertiary/aromatic N) is 1. The highest BCUT2D eigenvalue weighted by atomic mass is 32.2. The first-order chi connectivity index (χ1) is 15.1. The molecule has 0 fully saturated rings. The van der Waals surface area contributed by atoms with Gasteiger partial charge in [-0.15, -0.1) is 0 Å². The van der Waals surface area contributed by atoms with Crippen LogP contribution in [0.2, 0.25) is 0 Å². The number of benzene rings is 2. The molecule has 0 unspecified atom stereocenters. The van der Waals surface area contributed by atoms with Crippen LogP contribution in [0.15, 0.2) is 65.8 Å². The number of carbonyl (C=O) groups excluding carboxylic acids is 1. The van der Waals surface area contributed by atoms with Gasteiger partial charge in [0.1, 0.15) is 11.5 Å². The molecule has 0 amide bonds. The highest BCUT2D eigenvalue weighted by Gasteiger charge is 2.25. The van der Waals surface area contributed by atoms with Gasteiger partial charge < -0.3 is 4.98 Å². The van der Waals surface area contributed by atoms with Crippen molar-refractivity contribution in [3.8, 4) is 22.3 Å². The molecule has 4 aromatic rings. The number of H-pyrrole nitrogens is 1. The Hall–Kier alpha value is -3.36. The van der Waals surface area contributed by atoms with E-state index in [-0.39, 0.29) is 12.3 Å². The Labute approximate surface area is 192 Å². The van der Waals surface area contributed by atoms with E-state index in [0.717, 1.165) is 0 Å². The highest BCUT2D eigenvalue weighted by Crippen LogP contribution is 2.32. The SMILES string of the molecule is C.CC(C)(C)NS(=O)(=O)c1ccccc1-c1ccc(-c2cnc3[nH]cc(C=O)c3c2)c(F)c1. The Morgan fingerprint density at radius 1 is 1.03 bits per heavy atom. The number of aromatic nitrogens is 2. The lowest BCUT2D eigenvalue weighted by Gasteiger charge is -2.21. The molecule has 0 spiro atoms. The fourth-order valence-electron chi connectivity index (χ4n) is 3.58. The van der Waals surface area contributed by atoms with Crippen molar-refractivity contribution in [2.45, 2.75) is 38.6 Å². The van der Waals surface area contributed by atoms with Crippen molar-refractivity contribution in [3.05, 3.63) is 72.3 Å². The van der Waals surface area contributed by atoms with Gasteiger partial charge in [0.15, 0.2) is 6.29 Å². The lowest BCUT2D eigenvalue weighted by atomic mass is 10.00. The van der Waals surface area contributed by atoms with Gasteiger partial charge in [-0.2, -0.15) is 0 Å². The van der Waals surface area contributed by atoms with Crippen molar-refractivity contribution < 1.29 is 17.6 Å². The number of rotatable bonds is 5. The van der Waals surface area contributed by atoms with E-state index in [0.29, 0.717) is 45.1 Å². The first kappa shape index (κ1) is 24.3. The second-order valence-corrected chi connectivity index (χ2v) is 10.2. The Kier molecular flexibility index (Phi) is 6.53. The minimum atomic E-state index is -3.82. The number of carbonyl (C=O) groups is 1. The highest BCUT2D eigenvalue weighted by molar-refractivity contribution is 7.89. The molecule has 2 aromatic heterocycles. The molecular weight excluding hydrogens is 441 g/mol. The molecule has 2 N–H and O–H groups in total. The number of hydrogen-bond acceptors (Lipinski definition) is 4. The van der Waals surface area contributed by atoms with Gasteiger partial charge in [-0.3, -0.25) is 4.79 Å². The lowest BCUT2D eigenvalue weighted by molar-refractivity contribution is 0.112. The molecule has 8 heteroatoms. The first-order valence-electron chi connectivity index (χ1n) is 9.95. The zero-order valence-electron chi connectivity index (χ0n) is 17.8. The van der Waals surface area contributed by atoms with Crippen LogP contribution < -0.4 is 4.72 Å². The molecule has 2 heterocycles. The van der Waals surface area contributed by atoms with Crippen molar-refractivity contribution in [2.24, 2.45) is 0 Å². The van der Waals surface area contributed by atoms with Crippen LogP contribution >= 0.6 is 0 Å². The maximum absolute atomic E-state index is 15.2. The summed E-state index contributed by atoms with van der Waals surface area (Å²) in [4.78, 5) is 18.5. The molecule has 0 atom stereocenters. The van der Waals surface area contributed by atoms with Crippen LogP contribution in [-0.4, -0.2) is 30.2 Å². The number of aldehydes is 1. The van der Waals surface area contributed by atoms with E-state index < -0.39 is 21.4 Å². The lowest BCUT2D eigenvalue weighted by Crippen LogP contribution is -2.40. The second kappa shape index (κ2) is 8.88. The second-order valence-electron chi connectivity index (χ2n) is 8.53. The van der Waals surface area contributed by atoms with Crippen LogP contribution in [0.3, 0.4) is 0 Å². The summed E-state index contributed by atoms with van der Waals surface area (Å²) in [7, 11) is -3.82. The van der Waals surface area contributed by atoms with Crippen molar-refractivity contribution in [1.82, 2.24) is 14.7 Å². The average Bonchev–Trinajstić information content (AvgIpc) is 3.14. The Bertz CT molecular complexity index is 1440. The number of pyridine rings is 1. The predicted octanol–water partition coefficient (Wildman–Crippen LogP) is 5.56. The van der Waals surface area contributed by atoms with Crippen LogP contribution in [0, 0.1) is 5.82 Å². The van der Waals surface area contributed by atoms with Gasteiger partial charge in [-0.25, -0.2) is 22.5 Å². The smallest absolute Gasteiger partial charge is 0.241 e. The van der Waals surface area contributed by atoms with Crippen LogP contribution in [0.5, 0.6) is 0 Å². The fraction of sp³-hybridized carbons (Fsp3) is 0.200. The standard InChI is InChI=1S/C24H22FN3O3S.CH4/c1-24(2,3)28-32(30,31)22-7-5-4-6-19(22)15-8-9-18(21(25)11-15)16-10-20-17(14-29)13-27-23(20)26-12-16;/h4-14,28H,1-3H3,(H,26,27);1H4. The van der Waals surface area contributed by atoms with Gasteiger partial charge in [-0.05, 0) is 44.5 Å². The summed E-state index contributed by atoms with van der Waals surface area (Å²) in [6.07, 6.45) is 3.79. The molecule has 2 aromatic carbocycles. The molecule has 0 aliphatic rings. The third kappa shape index (κ3) is 4.86. The molecular formula is C25H26FN3O3S. The Morgan fingerprint density at radius 3 is 2.42 bits per heavy atom. The molecule has 0 aliphatic heterocycles. The fourth-order valence-corrected chi connectivity index (χ4v) is 5.23. The van der Waals surface area contributed by atoms with Crippen molar-refractivity contribution in [1.29, 1.82) is 0 Å². The predicted molar refractivity (Wildman–Crippen MR) is 129 cm³/mol. The van der Waals surface area contributed by atoms with E-state index in [2.05, 4.69) is 14.7 Å². The number of nitrogens with one attached hydrogen (secondary N) is 2. The van der Waals surface area contributed by atoms with Gasteiger partial charge >= 0.3 is 0 Å².